The topological polar surface area (TPSA) is 56.1 Å². The SMILES string of the molecule is O=C(COc1cccc2ccccc12)Nc1cccc(-c2cn3c(n2)SCC3)c1. The summed E-state index contributed by atoms with van der Waals surface area (Å²) in [6.07, 6.45) is 2.07. The largest absolute Gasteiger partial charge is 0.483 e. The molecule has 1 aliphatic heterocycles. The van der Waals surface area contributed by atoms with Crippen LogP contribution in [0.5, 0.6) is 5.75 Å². The minimum atomic E-state index is -0.196. The van der Waals surface area contributed by atoms with Crippen LogP contribution in [-0.4, -0.2) is 27.8 Å². The second-order valence-electron chi connectivity index (χ2n) is 6.85. The first-order chi connectivity index (χ1) is 14.3. The van der Waals surface area contributed by atoms with Crippen molar-refractivity contribution < 1.29 is 9.53 Å². The van der Waals surface area contributed by atoms with Gasteiger partial charge in [0.05, 0.1) is 5.69 Å². The van der Waals surface area contributed by atoms with E-state index < -0.39 is 0 Å². The molecule has 4 aromatic rings. The standard InChI is InChI=1S/C23H19N3O2S/c27-22(15-28-21-10-4-6-16-5-1-2-9-19(16)21)24-18-8-3-7-17(13-18)20-14-26-11-12-29-23(26)25-20/h1-10,13-14H,11-12,15H2,(H,24,27). The van der Waals surface area contributed by atoms with Gasteiger partial charge in [-0.25, -0.2) is 4.98 Å². The third-order valence-corrected chi connectivity index (χ3v) is 5.82. The van der Waals surface area contributed by atoms with Gasteiger partial charge in [-0.3, -0.25) is 4.79 Å². The molecule has 0 unspecified atom stereocenters. The van der Waals surface area contributed by atoms with Crippen molar-refractivity contribution in [2.45, 2.75) is 11.7 Å². The summed E-state index contributed by atoms with van der Waals surface area (Å²) in [5, 5.41) is 6.05. The smallest absolute Gasteiger partial charge is 0.262 e. The average molecular weight is 401 g/mol. The van der Waals surface area contributed by atoms with E-state index in [4.69, 9.17) is 4.74 Å². The van der Waals surface area contributed by atoms with Crippen LogP contribution in [0.3, 0.4) is 0 Å². The molecule has 1 aliphatic rings. The molecule has 2 heterocycles. The van der Waals surface area contributed by atoms with Crippen LogP contribution in [0.1, 0.15) is 0 Å². The van der Waals surface area contributed by atoms with E-state index >= 15 is 0 Å². The lowest BCUT2D eigenvalue weighted by Crippen LogP contribution is -2.20. The summed E-state index contributed by atoms with van der Waals surface area (Å²) in [4.78, 5) is 17.1. The molecule has 29 heavy (non-hydrogen) atoms. The Labute approximate surface area is 172 Å². The van der Waals surface area contributed by atoms with E-state index in [1.165, 1.54) is 0 Å². The number of hydrogen-bond donors (Lipinski definition) is 1. The van der Waals surface area contributed by atoms with Crippen molar-refractivity contribution in [3.63, 3.8) is 0 Å². The third-order valence-electron chi connectivity index (χ3n) is 4.85. The van der Waals surface area contributed by atoms with E-state index in [0.29, 0.717) is 5.75 Å². The quantitative estimate of drug-likeness (QED) is 0.521. The van der Waals surface area contributed by atoms with Gasteiger partial charge in [0.1, 0.15) is 5.75 Å². The Morgan fingerprint density at radius 2 is 1.97 bits per heavy atom. The predicted molar refractivity (Wildman–Crippen MR) is 116 cm³/mol. The lowest BCUT2D eigenvalue weighted by Gasteiger charge is -2.10. The van der Waals surface area contributed by atoms with Crippen LogP contribution in [0.4, 0.5) is 5.69 Å². The van der Waals surface area contributed by atoms with Crippen LogP contribution in [0.2, 0.25) is 0 Å². The molecule has 1 N–H and O–H groups in total. The summed E-state index contributed by atoms with van der Waals surface area (Å²) in [6.45, 7) is 0.947. The lowest BCUT2D eigenvalue weighted by molar-refractivity contribution is -0.118. The number of carbonyl (C=O) groups excluding carboxylic acids is 1. The van der Waals surface area contributed by atoms with Crippen LogP contribution >= 0.6 is 11.8 Å². The first-order valence-corrected chi connectivity index (χ1v) is 10.5. The zero-order chi connectivity index (χ0) is 19.6. The van der Waals surface area contributed by atoms with Gasteiger partial charge in [-0.2, -0.15) is 0 Å². The Balaban J connectivity index is 1.27. The number of carbonyl (C=O) groups is 1. The molecule has 6 heteroatoms. The maximum Gasteiger partial charge on any atom is 0.262 e. The molecule has 1 amide bonds. The van der Waals surface area contributed by atoms with Crippen LogP contribution in [0, 0.1) is 0 Å². The fraction of sp³-hybridized carbons (Fsp3) is 0.130. The number of hydrogen-bond acceptors (Lipinski definition) is 4. The minimum absolute atomic E-state index is 0.0480. The average Bonchev–Trinajstić information content (AvgIpc) is 3.35. The van der Waals surface area contributed by atoms with E-state index in [9.17, 15) is 4.79 Å². The Kier molecular flexibility index (Phi) is 4.69. The van der Waals surface area contributed by atoms with Gasteiger partial charge in [0.25, 0.3) is 5.91 Å². The van der Waals surface area contributed by atoms with Crippen molar-refractivity contribution in [2.24, 2.45) is 0 Å². The molecule has 5 nitrogen and oxygen atoms in total. The number of thioether (sulfide) groups is 1. The lowest BCUT2D eigenvalue weighted by atomic mass is 10.1. The van der Waals surface area contributed by atoms with E-state index in [1.54, 1.807) is 11.8 Å². The number of benzene rings is 3. The highest BCUT2D eigenvalue weighted by molar-refractivity contribution is 7.99. The summed E-state index contributed by atoms with van der Waals surface area (Å²) < 4.78 is 7.95. The summed E-state index contributed by atoms with van der Waals surface area (Å²) in [5.74, 6) is 1.59. The molecule has 0 fully saturated rings. The van der Waals surface area contributed by atoms with Gasteiger partial charge in [-0.05, 0) is 23.6 Å². The maximum absolute atomic E-state index is 12.4. The van der Waals surface area contributed by atoms with Gasteiger partial charge in [0.15, 0.2) is 11.8 Å². The number of imidazole rings is 1. The van der Waals surface area contributed by atoms with Crippen molar-refractivity contribution >= 4 is 34.1 Å². The number of rotatable bonds is 5. The number of amides is 1. The van der Waals surface area contributed by atoms with Crippen LogP contribution in [0.15, 0.2) is 78.1 Å². The predicted octanol–water partition coefficient (Wildman–Crippen LogP) is 4.83. The number of ether oxygens (including phenoxy) is 1. The second kappa shape index (κ2) is 7.64. The van der Waals surface area contributed by atoms with Crippen LogP contribution in [0.25, 0.3) is 22.0 Å². The Morgan fingerprint density at radius 3 is 2.90 bits per heavy atom. The van der Waals surface area contributed by atoms with E-state index in [-0.39, 0.29) is 12.5 Å². The Bertz CT molecular complexity index is 1170. The molecule has 0 radical (unpaired) electrons. The van der Waals surface area contributed by atoms with Gasteiger partial charge in [-0.1, -0.05) is 60.3 Å². The zero-order valence-corrected chi connectivity index (χ0v) is 16.5. The molecular weight excluding hydrogens is 382 g/mol. The van der Waals surface area contributed by atoms with Crippen molar-refractivity contribution in [1.29, 1.82) is 0 Å². The molecule has 1 aromatic heterocycles. The molecule has 0 bridgehead atoms. The van der Waals surface area contributed by atoms with Crippen LogP contribution < -0.4 is 10.1 Å². The fourth-order valence-electron chi connectivity index (χ4n) is 3.47. The molecule has 0 saturated heterocycles. The van der Waals surface area contributed by atoms with Crippen LogP contribution in [-0.2, 0) is 11.3 Å². The van der Waals surface area contributed by atoms with Gasteiger partial charge in [-0.15, -0.1) is 0 Å². The molecule has 0 aliphatic carbocycles. The molecule has 0 saturated carbocycles. The highest BCUT2D eigenvalue weighted by Crippen LogP contribution is 2.30. The zero-order valence-electron chi connectivity index (χ0n) is 15.7. The highest BCUT2D eigenvalue weighted by atomic mass is 32.2. The monoisotopic (exact) mass is 401 g/mol. The van der Waals surface area contributed by atoms with Crippen molar-refractivity contribution in [3.8, 4) is 17.0 Å². The summed E-state index contributed by atoms with van der Waals surface area (Å²) in [6, 6.07) is 21.5. The highest BCUT2D eigenvalue weighted by Gasteiger charge is 2.15. The Morgan fingerprint density at radius 1 is 1.10 bits per heavy atom. The van der Waals surface area contributed by atoms with E-state index in [1.807, 2.05) is 66.7 Å². The number of aromatic nitrogens is 2. The van der Waals surface area contributed by atoms with Crippen molar-refractivity contribution in [1.82, 2.24) is 9.55 Å². The summed E-state index contributed by atoms with van der Waals surface area (Å²) >= 11 is 1.77. The third kappa shape index (κ3) is 3.71. The first-order valence-electron chi connectivity index (χ1n) is 9.47. The van der Waals surface area contributed by atoms with Crippen molar-refractivity contribution in [3.05, 3.63) is 72.9 Å². The summed E-state index contributed by atoms with van der Waals surface area (Å²) in [7, 11) is 0. The molecular formula is C23H19N3O2S. The summed E-state index contributed by atoms with van der Waals surface area (Å²) in [5.41, 5.74) is 2.64. The fourth-order valence-corrected chi connectivity index (χ4v) is 4.41. The second-order valence-corrected chi connectivity index (χ2v) is 7.91. The number of nitrogens with zero attached hydrogens (tertiary/aromatic N) is 2. The molecule has 0 spiro atoms. The van der Waals surface area contributed by atoms with Gasteiger partial charge in [0.2, 0.25) is 0 Å². The van der Waals surface area contributed by atoms with Gasteiger partial charge >= 0.3 is 0 Å². The Hall–Kier alpha value is -3.25. The van der Waals surface area contributed by atoms with Gasteiger partial charge < -0.3 is 14.6 Å². The maximum atomic E-state index is 12.4. The molecule has 0 atom stereocenters. The number of nitrogens with one attached hydrogen (secondary N) is 1. The number of fused-ring (bicyclic) bond motifs is 2. The molecule has 3 aromatic carbocycles. The number of anilines is 1. The van der Waals surface area contributed by atoms with Crippen molar-refractivity contribution in [2.75, 3.05) is 17.7 Å². The first kappa shape index (κ1) is 17.8. The van der Waals surface area contributed by atoms with Gasteiger partial charge in [0, 0.05) is 35.1 Å². The minimum Gasteiger partial charge on any atom is -0.483 e. The molecule has 5 rings (SSSR count). The molecule has 144 valence electrons. The van der Waals surface area contributed by atoms with E-state index in [0.717, 1.165) is 45.2 Å². The number of aryl methyl sites for hydroxylation is 1. The normalized spacial score (nSPS) is 12.7. The van der Waals surface area contributed by atoms with E-state index in [2.05, 4.69) is 21.1 Å².